The maximum absolute atomic E-state index is 10.8. The fourth-order valence-corrected chi connectivity index (χ4v) is 2.03. The topological polar surface area (TPSA) is 58.6 Å². The largest absolute Gasteiger partial charge is 0.486 e. The summed E-state index contributed by atoms with van der Waals surface area (Å²) in [5.74, 6) is -0.185. The summed E-state index contributed by atoms with van der Waals surface area (Å²) in [6, 6.07) is 13.8. The smallest absolute Gasteiger partial charge is 0.335 e. The minimum Gasteiger partial charge on any atom is -0.486 e. The third-order valence-corrected chi connectivity index (χ3v) is 3.31. The highest BCUT2D eigenvalue weighted by atomic mass is 35.5. The average Bonchev–Trinajstić information content (AvgIpc) is 2.48. The van der Waals surface area contributed by atoms with Crippen LogP contribution < -0.4 is 10.1 Å². The van der Waals surface area contributed by atoms with E-state index in [-0.39, 0.29) is 5.56 Å². The van der Waals surface area contributed by atoms with Crippen molar-refractivity contribution in [3.8, 4) is 5.75 Å². The summed E-state index contributed by atoms with van der Waals surface area (Å²) in [6.45, 7) is 4.52. The highest BCUT2D eigenvalue weighted by molar-refractivity contribution is 6.30. The normalized spacial score (nSPS) is 11.0. The molecule has 2 aromatic carbocycles. The Morgan fingerprint density at radius 3 is 2.27 bits per heavy atom. The molecule has 0 spiro atoms. The molecule has 5 heteroatoms. The third kappa shape index (κ3) is 4.67. The molecule has 0 bridgehead atoms. The molecule has 0 atom stereocenters. The second-order valence-corrected chi connectivity index (χ2v) is 5.99. The number of aromatic carboxylic acids is 1. The van der Waals surface area contributed by atoms with Crippen molar-refractivity contribution >= 4 is 23.3 Å². The Labute approximate surface area is 134 Å². The zero-order chi connectivity index (χ0) is 16.2. The van der Waals surface area contributed by atoms with Crippen LogP contribution in [-0.4, -0.2) is 23.2 Å². The molecular formula is C17H18ClNO3. The number of nitrogens with one attached hydrogen (secondary N) is 1. The van der Waals surface area contributed by atoms with Gasteiger partial charge in [-0.25, -0.2) is 4.79 Å². The molecule has 116 valence electrons. The Bertz CT molecular complexity index is 636. The number of anilines is 1. The molecule has 0 aromatic heterocycles. The zero-order valence-electron chi connectivity index (χ0n) is 12.5. The molecule has 0 heterocycles. The Hall–Kier alpha value is -2.20. The summed E-state index contributed by atoms with van der Waals surface area (Å²) in [7, 11) is 0. The predicted molar refractivity (Wildman–Crippen MR) is 88.1 cm³/mol. The van der Waals surface area contributed by atoms with Gasteiger partial charge in [0.05, 0.1) is 12.1 Å². The van der Waals surface area contributed by atoms with Gasteiger partial charge in [-0.2, -0.15) is 0 Å². The molecule has 0 aliphatic rings. The number of hydrogen-bond acceptors (Lipinski definition) is 3. The number of hydrogen-bond donors (Lipinski definition) is 2. The summed E-state index contributed by atoms with van der Waals surface area (Å²) in [5.41, 5.74) is 0.680. The Kier molecular flexibility index (Phi) is 4.93. The molecule has 2 N–H and O–H groups in total. The SMILES string of the molecule is CC(C)(CNc1ccc(C(=O)O)cc1)Oc1ccc(Cl)cc1. The number of ether oxygens (including phenoxy) is 1. The van der Waals surface area contributed by atoms with E-state index >= 15 is 0 Å². The first-order valence-corrected chi connectivity index (χ1v) is 7.25. The van der Waals surface area contributed by atoms with Gasteiger partial charge in [0, 0.05) is 10.7 Å². The van der Waals surface area contributed by atoms with Gasteiger partial charge in [-0.1, -0.05) is 11.6 Å². The fraction of sp³-hybridized carbons (Fsp3) is 0.235. The van der Waals surface area contributed by atoms with Gasteiger partial charge in [-0.3, -0.25) is 0 Å². The van der Waals surface area contributed by atoms with Crippen molar-refractivity contribution in [3.63, 3.8) is 0 Å². The molecule has 4 nitrogen and oxygen atoms in total. The summed E-state index contributed by atoms with van der Waals surface area (Å²) in [4.78, 5) is 10.8. The van der Waals surface area contributed by atoms with E-state index < -0.39 is 11.6 Å². The van der Waals surface area contributed by atoms with Gasteiger partial charge in [0.25, 0.3) is 0 Å². The number of halogens is 1. The molecule has 0 saturated carbocycles. The average molecular weight is 320 g/mol. The second kappa shape index (κ2) is 6.71. The van der Waals surface area contributed by atoms with E-state index in [1.54, 1.807) is 36.4 Å². The van der Waals surface area contributed by atoms with Gasteiger partial charge < -0.3 is 15.2 Å². The van der Waals surface area contributed by atoms with Gasteiger partial charge in [0.15, 0.2) is 0 Å². The number of carboxylic acids is 1. The molecule has 0 fully saturated rings. The minimum atomic E-state index is -0.932. The van der Waals surface area contributed by atoms with E-state index in [9.17, 15) is 4.79 Å². The van der Waals surface area contributed by atoms with Crippen molar-refractivity contribution in [2.45, 2.75) is 19.4 Å². The molecule has 2 rings (SSSR count). The highest BCUT2D eigenvalue weighted by Gasteiger charge is 2.19. The van der Waals surface area contributed by atoms with Crippen LogP contribution in [0.25, 0.3) is 0 Å². The minimum absolute atomic E-state index is 0.266. The summed E-state index contributed by atoms with van der Waals surface area (Å²) in [6.07, 6.45) is 0. The van der Waals surface area contributed by atoms with Crippen LogP contribution in [-0.2, 0) is 0 Å². The van der Waals surface area contributed by atoms with E-state index in [1.807, 2.05) is 26.0 Å². The van der Waals surface area contributed by atoms with Gasteiger partial charge in [0.1, 0.15) is 11.4 Å². The molecule has 22 heavy (non-hydrogen) atoms. The molecule has 0 amide bonds. The van der Waals surface area contributed by atoms with E-state index in [4.69, 9.17) is 21.4 Å². The van der Waals surface area contributed by atoms with Crippen molar-refractivity contribution in [1.82, 2.24) is 0 Å². The van der Waals surface area contributed by atoms with E-state index in [0.717, 1.165) is 11.4 Å². The molecule has 2 aromatic rings. The third-order valence-electron chi connectivity index (χ3n) is 3.06. The second-order valence-electron chi connectivity index (χ2n) is 5.55. The fourth-order valence-electron chi connectivity index (χ4n) is 1.90. The number of benzene rings is 2. The van der Waals surface area contributed by atoms with Crippen molar-refractivity contribution in [2.75, 3.05) is 11.9 Å². The van der Waals surface area contributed by atoms with Gasteiger partial charge in [0.2, 0.25) is 0 Å². The maximum atomic E-state index is 10.8. The lowest BCUT2D eigenvalue weighted by Crippen LogP contribution is -2.36. The standard InChI is InChI=1S/C17H18ClNO3/c1-17(2,22-15-9-5-13(18)6-10-15)11-19-14-7-3-12(4-8-14)16(20)21/h3-10,19H,11H2,1-2H3,(H,20,21). The van der Waals surface area contributed by atoms with Crippen molar-refractivity contribution in [1.29, 1.82) is 0 Å². The van der Waals surface area contributed by atoms with Crippen LogP contribution in [0, 0.1) is 0 Å². The lowest BCUT2D eigenvalue weighted by molar-refractivity contribution is 0.0697. The molecule has 0 unspecified atom stereocenters. The maximum Gasteiger partial charge on any atom is 0.335 e. The number of carbonyl (C=O) groups is 1. The molecule has 0 aliphatic carbocycles. The van der Waals surface area contributed by atoms with Gasteiger partial charge >= 0.3 is 5.97 Å². The Morgan fingerprint density at radius 1 is 1.14 bits per heavy atom. The van der Waals surface area contributed by atoms with Crippen molar-refractivity contribution < 1.29 is 14.6 Å². The molecule has 0 saturated heterocycles. The first kappa shape index (κ1) is 16.2. The van der Waals surface area contributed by atoms with Crippen molar-refractivity contribution in [3.05, 3.63) is 59.1 Å². The quantitative estimate of drug-likeness (QED) is 0.833. The first-order chi connectivity index (χ1) is 10.4. The van der Waals surface area contributed by atoms with Crippen LogP contribution in [0.2, 0.25) is 5.02 Å². The first-order valence-electron chi connectivity index (χ1n) is 6.87. The monoisotopic (exact) mass is 319 g/mol. The summed E-state index contributed by atoms with van der Waals surface area (Å²) in [5, 5.41) is 12.8. The molecule has 0 radical (unpaired) electrons. The van der Waals surface area contributed by atoms with Crippen LogP contribution in [0.4, 0.5) is 5.69 Å². The Balaban J connectivity index is 1.94. The van der Waals surface area contributed by atoms with Crippen LogP contribution in [0.3, 0.4) is 0 Å². The van der Waals surface area contributed by atoms with Crippen LogP contribution in [0.1, 0.15) is 24.2 Å². The molecule has 0 aliphatic heterocycles. The molecular weight excluding hydrogens is 302 g/mol. The zero-order valence-corrected chi connectivity index (χ0v) is 13.2. The summed E-state index contributed by atoms with van der Waals surface area (Å²) >= 11 is 5.85. The summed E-state index contributed by atoms with van der Waals surface area (Å²) < 4.78 is 5.93. The van der Waals surface area contributed by atoms with Crippen LogP contribution in [0.15, 0.2) is 48.5 Å². The number of carboxylic acid groups (broad SMARTS) is 1. The van der Waals surface area contributed by atoms with Crippen LogP contribution in [0.5, 0.6) is 5.75 Å². The highest BCUT2D eigenvalue weighted by Crippen LogP contribution is 2.21. The van der Waals surface area contributed by atoms with Crippen molar-refractivity contribution in [2.24, 2.45) is 0 Å². The van der Waals surface area contributed by atoms with Crippen LogP contribution >= 0.6 is 11.6 Å². The Morgan fingerprint density at radius 2 is 1.73 bits per heavy atom. The van der Waals surface area contributed by atoms with E-state index in [1.165, 1.54) is 0 Å². The number of rotatable bonds is 6. The van der Waals surface area contributed by atoms with E-state index in [2.05, 4.69) is 5.32 Å². The van der Waals surface area contributed by atoms with Gasteiger partial charge in [-0.05, 0) is 62.4 Å². The lowest BCUT2D eigenvalue weighted by Gasteiger charge is -2.27. The lowest BCUT2D eigenvalue weighted by atomic mass is 10.1. The predicted octanol–water partition coefficient (Wildman–Crippen LogP) is 4.31. The van der Waals surface area contributed by atoms with Gasteiger partial charge in [-0.15, -0.1) is 0 Å². The van der Waals surface area contributed by atoms with E-state index in [0.29, 0.717) is 11.6 Å².